The van der Waals surface area contributed by atoms with Crippen molar-refractivity contribution in [1.82, 2.24) is 20.4 Å². The molecule has 0 unspecified atom stereocenters. The van der Waals surface area contributed by atoms with Gasteiger partial charge in [-0.15, -0.1) is 0 Å². The van der Waals surface area contributed by atoms with E-state index in [4.69, 9.17) is 5.11 Å². The average Bonchev–Trinajstić information content (AvgIpc) is 2.92. The number of nitrogens with zero attached hydrogens (tertiary/aromatic N) is 2. The van der Waals surface area contributed by atoms with Crippen molar-refractivity contribution in [2.45, 2.75) is 6.54 Å². The number of urea groups is 1. The number of benzene rings is 1. The fourth-order valence-electron chi connectivity index (χ4n) is 1.60. The van der Waals surface area contributed by atoms with Gasteiger partial charge in [-0.1, -0.05) is 0 Å². The Morgan fingerprint density at radius 3 is 2.70 bits per heavy atom. The molecule has 20 heavy (non-hydrogen) atoms. The van der Waals surface area contributed by atoms with Crippen LogP contribution in [0.25, 0.3) is 5.69 Å². The zero-order valence-corrected chi connectivity index (χ0v) is 10.7. The lowest BCUT2D eigenvalue weighted by Gasteiger charge is -2.04. The Balaban J connectivity index is 1.92. The van der Waals surface area contributed by atoms with Crippen LogP contribution in [0.3, 0.4) is 0 Å². The van der Waals surface area contributed by atoms with E-state index in [-0.39, 0.29) is 31.5 Å². The van der Waals surface area contributed by atoms with E-state index in [2.05, 4.69) is 15.7 Å². The van der Waals surface area contributed by atoms with Crippen LogP contribution < -0.4 is 10.6 Å². The summed E-state index contributed by atoms with van der Waals surface area (Å²) >= 11 is 0. The smallest absolute Gasteiger partial charge is 0.315 e. The van der Waals surface area contributed by atoms with Crippen LogP contribution in [0.5, 0.6) is 0 Å². The standard InChI is InChI=1S/C13H15FN4O2/c14-10-1-3-12(4-2-10)18-7-5-11(17-18)9-16-13(20)15-6-8-19/h1-5,7,19H,6,8-9H2,(H2,15,16,20). The van der Waals surface area contributed by atoms with Gasteiger partial charge in [-0.05, 0) is 30.3 Å². The van der Waals surface area contributed by atoms with Gasteiger partial charge < -0.3 is 15.7 Å². The Morgan fingerprint density at radius 2 is 2.00 bits per heavy atom. The number of aliphatic hydroxyl groups is 1. The maximum Gasteiger partial charge on any atom is 0.315 e. The van der Waals surface area contributed by atoms with Crippen molar-refractivity contribution in [2.75, 3.05) is 13.2 Å². The lowest BCUT2D eigenvalue weighted by molar-refractivity contribution is 0.233. The van der Waals surface area contributed by atoms with Crippen LogP contribution in [0.1, 0.15) is 5.69 Å². The molecule has 0 saturated heterocycles. The van der Waals surface area contributed by atoms with E-state index in [9.17, 15) is 9.18 Å². The van der Waals surface area contributed by atoms with Crippen LogP contribution in [0, 0.1) is 5.82 Å². The Bertz CT molecular complexity index is 568. The molecule has 1 heterocycles. The number of carbonyl (C=O) groups is 1. The number of halogens is 1. The first-order valence-corrected chi connectivity index (χ1v) is 6.12. The van der Waals surface area contributed by atoms with Gasteiger partial charge in [-0.25, -0.2) is 13.9 Å². The molecule has 2 amide bonds. The van der Waals surface area contributed by atoms with Gasteiger partial charge in [0.25, 0.3) is 0 Å². The van der Waals surface area contributed by atoms with Crippen molar-refractivity contribution >= 4 is 6.03 Å². The van der Waals surface area contributed by atoms with E-state index < -0.39 is 0 Å². The predicted molar refractivity (Wildman–Crippen MR) is 70.8 cm³/mol. The first-order valence-electron chi connectivity index (χ1n) is 6.12. The number of nitrogens with one attached hydrogen (secondary N) is 2. The van der Waals surface area contributed by atoms with Crippen LogP contribution in [0.2, 0.25) is 0 Å². The van der Waals surface area contributed by atoms with Crippen molar-refractivity contribution in [3.8, 4) is 5.69 Å². The van der Waals surface area contributed by atoms with Gasteiger partial charge in [0.15, 0.2) is 0 Å². The van der Waals surface area contributed by atoms with Gasteiger partial charge in [0.1, 0.15) is 5.82 Å². The molecule has 0 spiro atoms. The second kappa shape index (κ2) is 6.67. The lowest BCUT2D eigenvalue weighted by atomic mass is 10.3. The molecule has 0 bridgehead atoms. The van der Waals surface area contributed by atoms with Crippen molar-refractivity contribution < 1.29 is 14.3 Å². The number of rotatable bonds is 5. The number of amides is 2. The highest BCUT2D eigenvalue weighted by atomic mass is 19.1. The monoisotopic (exact) mass is 278 g/mol. The minimum Gasteiger partial charge on any atom is -0.395 e. The van der Waals surface area contributed by atoms with Gasteiger partial charge in [0.2, 0.25) is 0 Å². The molecule has 2 aromatic rings. The molecule has 0 atom stereocenters. The minimum atomic E-state index is -0.365. The minimum absolute atomic E-state index is 0.105. The third-order valence-corrected chi connectivity index (χ3v) is 2.56. The molecule has 3 N–H and O–H groups in total. The normalized spacial score (nSPS) is 10.3. The van der Waals surface area contributed by atoms with Crippen LogP contribution in [0.4, 0.5) is 9.18 Å². The van der Waals surface area contributed by atoms with E-state index in [1.807, 2.05) is 0 Å². The van der Waals surface area contributed by atoms with Crippen molar-refractivity contribution in [1.29, 1.82) is 0 Å². The summed E-state index contributed by atoms with van der Waals surface area (Å²) in [5, 5.41) is 17.9. The topological polar surface area (TPSA) is 79.2 Å². The highest BCUT2D eigenvalue weighted by Gasteiger charge is 2.04. The Kier molecular flexibility index (Phi) is 4.67. The molecular formula is C13H15FN4O2. The molecule has 6 nitrogen and oxygen atoms in total. The highest BCUT2D eigenvalue weighted by molar-refractivity contribution is 5.73. The largest absolute Gasteiger partial charge is 0.395 e. The molecule has 2 rings (SSSR count). The van der Waals surface area contributed by atoms with E-state index in [1.165, 1.54) is 12.1 Å². The number of hydrogen-bond donors (Lipinski definition) is 3. The zero-order chi connectivity index (χ0) is 14.4. The number of hydrogen-bond acceptors (Lipinski definition) is 3. The summed E-state index contributed by atoms with van der Waals surface area (Å²) in [4.78, 5) is 11.3. The van der Waals surface area contributed by atoms with Gasteiger partial charge >= 0.3 is 6.03 Å². The molecule has 0 aliphatic rings. The maximum atomic E-state index is 12.8. The third-order valence-electron chi connectivity index (χ3n) is 2.56. The molecule has 106 valence electrons. The third kappa shape index (κ3) is 3.79. The Morgan fingerprint density at radius 1 is 1.25 bits per heavy atom. The summed E-state index contributed by atoms with van der Waals surface area (Å²) in [6.07, 6.45) is 1.73. The van der Waals surface area contributed by atoms with Crippen LogP contribution in [-0.2, 0) is 6.54 Å². The van der Waals surface area contributed by atoms with E-state index in [1.54, 1.807) is 29.1 Å². The summed E-state index contributed by atoms with van der Waals surface area (Å²) in [6, 6.07) is 7.35. The number of carbonyl (C=O) groups excluding carboxylic acids is 1. The van der Waals surface area contributed by atoms with Gasteiger partial charge in [-0.2, -0.15) is 5.10 Å². The molecule has 1 aromatic carbocycles. The average molecular weight is 278 g/mol. The summed E-state index contributed by atoms with van der Waals surface area (Å²) in [7, 11) is 0. The number of aromatic nitrogens is 2. The first kappa shape index (κ1) is 14.0. The van der Waals surface area contributed by atoms with Crippen molar-refractivity contribution in [3.63, 3.8) is 0 Å². The quantitative estimate of drug-likeness (QED) is 0.757. The molecular weight excluding hydrogens is 263 g/mol. The molecule has 0 fully saturated rings. The summed E-state index contributed by atoms with van der Waals surface area (Å²) in [5.41, 5.74) is 1.41. The molecule has 0 aliphatic carbocycles. The second-order valence-corrected chi connectivity index (χ2v) is 4.06. The van der Waals surface area contributed by atoms with E-state index in [0.717, 1.165) is 5.69 Å². The maximum absolute atomic E-state index is 12.8. The van der Waals surface area contributed by atoms with Crippen LogP contribution in [0.15, 0.2) is 36.5 Å². The van der Waals surface area contributed by atoms with Crippen LogP contribution >= 0.6 is 0 Å². The van der Waals surface area contributed by atoms with E-state index in [0.29, 0.717) is 5.69 Å². The summed E-state index contributed by atoms with van der Waals surface area (Å²) in [6.45, 7) is 0.369. The Labute approximate surface area is 115 Å². The molecule has 7 heteroatoms. The predicted octanol–water partition coefficient (Wildman–Crippen LogP) is 0.803. The summed E-state index contributed by atoms with van der Waals surface area (Å²) < 4.78 is 14.4. The second-order valence-electron chi connectivity index (χ2n) is 4.06. The van der Waals surface area contributed by atoms with Gasteiger partial charge in [0.05, 0.1) is 24.5 Å². The summed E-state index contributed by atoms with van der Waals surface area (Å²) in [5.74, 6) is -0.302. The molecule has 1 aromatic heterocycles. The van der Waals surface area contributed by atoms with Crippen molar-refractivity contribution in [2.24, 2.45) is 0 Å². The Hall–Kier alpha value is -2.41. The first-order chi connectivity index (χ1) is 9.69. The van der Waals surface area contributed by atoms with Crippen LogP contribution in [-0.4, -0.2) is 34.1 Å². The fourth-order valence-corrected chi connectivity index (χ4v) is 1.60. The van der Waals surface area contributed by atoms with Gasteiger partial charge in [0, 0.05) is 12.7 Å². The van der Waals surface area contributed by atoms with E-state index >= 15 is 0 Å². The number of aliphatic hydroxyl groups excluding tert-OH is 1. The fraction of sp³-hybridized carbons (Fsp3) is 0.231. The highest BCUT2D eigenvalue weighted by Crippen LogP contribution is 2.08. The SMILES string of the molecule is O=C(NCCO)NCc1ccn(-c2ccc(F)cc2)n1. The van der Waals surface area contributed by atoms with Crippen molar-refractivity contribution in [3.05, 3.63) is 48.0 Å². The van der Waals surface area contributed by atoms with Gasteiger partial charge in [-0.3, -0.25) is 0 Å². The molecule has 0 saturated carbocycles. The molecule has 0 aliphatic heterocycles. The lowest BCUT2D eigenvalue weighted by Crippen LogP contribution is -2.36. The zero-order valence-electron chi connectivity index (χ0n) is 10.7. The molecule has 0 radical (unpaired) electrons.